The highest BCUT2D eigenvalue weighted by Crippen LogP contribution is 2.34. The van der Waals surface area contributed by atoms with Crippen LogP contribution in [0.2, 0.25) is 0 Å². The van der Waals surface area contributed by atoms with Crippen LogP contribution < -0.4 is 10.2 Å². The average Bonchev–Trinajstić information content (AvgIpc) is 2.78. The molecule has 0 aliphatic carbocycles. The zero-order chi connectivity index (χ0) is 21.8. The third-order valence-electron chi connectivity index (χ3n) is 5.41. The molecule has 1 amide bonds. The van der Waals surface area contributed by atoms with E-state index in [1.807, 2.05) is 0 Å². The largest absolute Gasteiger partial charge is 0.354 e. The second-order valence-corrected chi connectivity index (χ2v) is 8.90. The molecule has 4 rings (SSSR count). The maximum absolute atomic E-state index is 13.8. The van der Waals surface area contributed by atoms with Gasteiger partial charge in [0.1, 0.15) is 10.8 Å². The number of hydrogen-bond donors (Lipinski definition) is 1. The number of aryl methyl sites for hydroxylation is 2. The van der Waals surface area contributed by atoms with Gasteiger partial charge in [-0.3, -0.25) is 4.79 Å². The van der Waals surface area contributed by atoms with E-state index in [4.69, 9.17) is 0 Å². The minimum Gasteiger partial charge on any atom is -0.354 e. The molecular formula is C24H25FN4OS. The first-order chi connectivity index (χ1) is 15.0. The van der Waals surface area contributed by atoms with Gasteiger partial charge in [0.2, 0.25) is 5.91 Å². The van der Waals surface area contributed by atoms with E-state index in [2.05, 4.69) is 51.4 Å². The van der Waals surface area contributed by atoms with E-state index in [0.29, 0.717) is 17.8 Å². The first-order valence-corrected chi connectivity index (χ1v) is 11.2. The quantitative estimate of drug-likeness (QED) is 0.593. The van der Waals surface area contributed by atoms with Crippen molar-refractivity contribution in [2.75, 3.05) is 23.3 Å². The Morgan fingerprint density at radius 1 is 1.13 bits per heavy atom. The molecule has 7 heteroatoms. The Bertz CT molecular complexity index is 1070. The average molecular weight is 437 g/mol. The molecule has 31 heavy (non-hydrogen) atoms. The van der Waals surface area contributed by atoms with Crippen LogP contribution in [0.3, 0.4) is 0 Å². The third kappa shape index (κ3) is 5.22. The summed E-state index contributed by atoms with van der Waals surface area (Å²) in [5.74, 6) is 0.189. The summed E-state index contributed by atoms with van der Waals surface area (Å²) in [4.78, 5) is 25.2. The molecule has 160 valence electrons. The molecule has 0 unspecified atom stereocenters. The van der Waals surface area contributed by atoms with Crippen molar-refractivity contribution in [2.24, 2.45) is 5.92 Å². The molecule has 5 nitrogen and oxygen atoms in total. The molecule has 2 aromatic carbocycles. The smallest absolute Gasteiger partial charge is 0.229 e. The number of aromatic nitrogens is 2. The summed E-state index contributed by atoms with van der Waals surface area (Å²) in [6.07, 6.45) is 5.05. The number of piperidine rings is 1. The lowest BCUT2D eigenvalue weighted by Gasteiger charge is -2.33. The van der Waals surface area contributed by atoms with Crippen LogP contribution >= 0.6 is 11.8 Å². The van der Waals surface area contributed by atoms with E-state index in [9.17, 15) is 9.18 Å². The second kappa shape index (κ2) is 9.47. The molecule has 1 saturated heterocycles. The first-order valence-electron chi connectivity index (χ1n) is 10.4. The topological polar surface area (TPSA) is 58.1 Å². The molecule has 1 aromatic heterocycles. The maximum atomic E-state index is 13.8. The van der Waals surface area contributed by atoms with Crippen LogP contribution in [0.15, 0.2) is 64.8 Å². The highest BCUT2D eigenvalue weighted by Gasteiger charge is 2.28. The Morgan fingerprint density at radius 3 is 2.68 bits per heavy atom. The van der Waals surface area contributed by atoms with Crippen molar-refractivity contribution in [3.63, 3.8) is 0 Å². The maximum Gasteiger partial charge on any atom is 0.229 e. The number of carbonyl (C=O) groups is 1. The number of rotatable bonds is 5. The lowest BCUT2D eigenvalue weighted by Crippen LogP contribution is -2.41. The van der Waals surface area contributed by atoms with Gasteiger partial charge < -0.3 is 10.2 Å². The van der Waals surface area contributed by atoms with Crippen molar-refractivity contribution in [1.29, 1.82) is 0 Å². The Hall–Kier alpha value is -2.93. The van der Waals surface area contributed by atoms with Gasteiger partial charge in [-0.2, -0.15) is 0 Å². The lowest BCUT2D eigenvalue weighted by atomic mass is 9.97. The number of nitrogens with zero attached hydrogens (tertiary/aromatic N) is 3. The molecule has 1 atom stereocenters. The molecule has 1 fully saturated rings. The first kappa shape index (κ1) is 21.3. The number of nitrogens with one attached hydrogen (secondary N) is 1. The number of anilines is 2. The molecule has 0 saturated carbocycles. The van der Waals surface area contributed by atoms with Crippen molar-refractivity contribution < 1.29 is 9.18 Å². The van der Waals surface area contributed by atoms with Crippen LogP contribution in [0.25, 0.3) is 0 Å². The minimum atomic E-state index is -0.319. The zero-order valence-electron chi connectivity index (χ0n) is 17.6. The fourth-order valence-corrected chi connectivity index (χ4v) is 4.51. The van der Waals surface area contributed by atoms with Gasteiger partial charge >= 0.3 is 0 Å². The normalized spacial score (nSPS) is 16.2. The molecule has 0 spiro atoms. The molecule has 0 bridgehead atoms. The number of benzene rings is 2. The summed E-state index contributed by atoms with van der Waals surface area (Å²) in [6, 6.07) is 13.1. The highest BCUT2D eigenvalue weighted by molar-refractivity contribution is 7.99. The molecule has 1 N–H and O–H groups in total. The van der Waals surface area contributed by atoms with E-state index in [1.165, 1.54) is 11.6 Å². The predicted molar refractivity (Wildman–Crippen MR) is 122 cm³/mol. The van der Waals surface area contributed by atoms with Crippen molar-refractivity contribution in [3.8, 4) is 0 Å². The van der Waals surface area contributed by atoms with E-state index in [1.54, 1.807) is 43.2 Å². The SMILES string of the molecule is Cc1ccc(Sc2nccnc2N2CCC[C@H](C(=O)Nc3ccc(C)c(F)c3)C2)cc1. The van der Waals surface area contributed by atoms with E-state index in [0.717, 1.165) is 35.1 Å². The summed E-state index contributed by atoms with van der Waals surface area (Å²) in [5, 5.41) is 3.69. The predicted octanol–water partition coefficient (Wildman–Crippen LogP) is 5.24. The zero-order valence-corrected chi connectivity index (χ0v) is 18.5. The molecule has 3 aromatic rings. The van der Waals surface area contributed by atoms with E-state index in [-0.39, 0.29) is 17.6 Å². The standard InChI is InChI=1S/C24H25FN4OS/c1-16-5-9-20(10-6-16)31-24-22(26-11-12-27-24)29-13-3-4-18(15-29)23(30)28-19-8-7-17(2)21(25)14-19/h5-12,14,18H,3-4,13,15H2,1-2H3,(H,28,30)/t18-/m0/s1. The summed E-state index contributed by atoms with van der Waals surface area (Å²) >= 11 is 1.57. The van der Waals surface area contributed by atoms with Crippen LogP contribution in [-0.2, 0) is 4.79 Å². The van der Waals surface area contributed by atoms with E-state index < -0.39 is 0 Å². The molecule has 1 aliphatic heterocycles. The Balaban J connectivity index is 1.47. The van der Waals surface area contributed by atoms with Gasteiger partial charge in [0.05, 0.1) is 5.92 Å². The fraction of sp³-hybridized carbons (Fsp3) is 0.292. The highest BCUT2D eigenvalue weighted by atomic mass is 32.2. The van der Waals surface area contributed by atoms with Gasteiger partial charge in [-0.25, -0.2) is 14.4 Å². The summed E-state index contributed by atoms with van der Waals surface area (Å²) in [5.41, 5.74) is 2.26. The number of hydrogen-bond acceptors (Lipinski definition) is 5. The van der Waals surface area contributed by atoms with Gasteiger partial charge in [0, 0.05) is 36.1 Å². The van der Waals surface area contributed by atoms with Gasteiger partial charge in [-0.05, 0) is 56.5 Å². The van der Waals surface area contributed by atoms with Crippen LogP contribution in [-0.4, -0.2) is 29.0 Å². The van der Waals surface area contributed by atoms with Gasteiger partial charge in [-0.1, -0.05) is 35.5 Å². The van der Waals surface area contributed by atoms with Gasteiger partial charge in [0.15, 0.2) is 5.82 Å². The Morgan fingerprint density at radius 2 is 1.90 bits per heavy atom. The number of amides is 1. The molecule has 1 aliphatic rings. The van der Waals surface area contributed by atoms with Crippen molar-refractivity contribution in [2.45, 2.75) is 36.6 Å². The van der Waals surface area contributed by atoms with Gasteiger partial charge in [0.25, 0.3) is 0 Å². The fourth-order valence-electron chi connectivity index (χ4n) is 3.62. The molecular weight excluding hydrogens is 411 g/mol. The van der Waals surface area contributed by atoms with Crippen molar-refractivity contribution >= 4 is 29.2 Å². The summed E-state index contributed by atoms with van der Waals surface area (Å²) in [6.45, 7) is 5.14. The Labute approximate surface area is 186 Å². The Kier molecular flexibility index (Phi) is 6.51. The molecule has 2 heterocycles. The number of carbonyl (C=O) groups excluding carboxylic acids is 1. The van der Waals surface area contributed by atoms with Crippen LogP contribution in [0, 0.1) is 25.6 Å². The second-order valence-electron chi connectivity index (χ2n) is 7.84. The van der Waals surface area contributed by atoms with Crippen molar-refractivity contribution in [1.82, 2.24) is 9.97 Å². The van der Waals surface area contributed by atoms with Crippen LogP contribution in [0.1, 0.15) is 24.0 Å². The minimum absolute atomic E-state index is 0.0930. The van der Waals surface area contributed by atoms with E-state index >= 15 is 0 Å². The van der Waals surface area contributed by atoms with Gasteiger partial charge in [-0.15, -0.1) is 0 Å². The third-order valence-corrected chi connectivity index (χ3v) is 6.40. The monoisotopic (exact) mass is 436 g/mol. The summed E-state index contributed by atoms with van der Waals surface area (Å²) in [7, 11) is 0. The molecule has 0 radical (unpaired) electrons. The lowest BCUT2D eigenvalue weighted by molar-refractivity contribution is -0.120. The van der Waals surface area contributed by atoms with Crippen LogP contribution in [0.5, 0.6) is 0 Å². The number of halogens is 1. The summed E-state index contributed by atoms with van der Waals surface area (Å²) < 4.78 is 13.8. The van der Waals surface area contributed by atoms with Crippen molar-refractivity contribution in [3.05, 3.63) is 71.8 Å². The van der Waals surface area contributed by atoms with Crippen LogP contribution in [0.4, 0.5) is 15.9 Å².